The number of aromatic amines is 3. The lowest BCUT2D eigenvalue weighted by Gasteiger charge is -2.30. The molecule has 34 heteroatoms. The lowest BCUT2D eigenvalue weighted by atomic mass is 9.99. The number of hydrogen-bond donors (Lipinski definition) is 17. The predicted molar refractivity (Wildman–Crippen MR) is 348 cm³/mol. The summed E-state index contributed by atoms with van der Waals surface area (Å²) in [5, 5.41) is 53.6. The van der Waals surface area contributed by atoms with Gasteiger partial charge in [0, 0.05) is 84.7 Å². The molecule has 2 aliphatic rings. The average molecular weight is 1380 g/mol. The number of aliphatic carboxylic acids is 1. The molecule has 2 aliphatic heterocycles. The summed E-state index contributed by atoms with van der Waals surface area (Å²) in [7, 11) is 0. The molecule has 0 unspecified atom stereocenters. The number of alkyl halides is 3. The smallest absolute Gasteiger partial charge is 0.490 e. The minimum absolute atomic E-state index is 0.0503. The summed E-state index contributed by atoms with van der Waals surface area (Å²) in [5.74, 6) is -11.4. The van der Waals surface area contributed by atoms with Crippen LogP contribution in [0.2, 0.25) is 0 Å². The average Bonchev–Trinajstić information content (AvgIpc) is 1.74. The number of nitrogens with zero attached hydrogens (tertiary/aromatic N) is 2. The predicted octanol–water partition coefficient (Wildman–Crippen LogP) is -0.976. The topological polar surface area (TPSA) is 489 Å². The Bertz CT molecular complexity index is 3840. The van der Waals surface area contributed by atoms with Crippen molar-refractivity contribution < 1.29 is 86.0 Å². The van der Waals surface area contributed by atoms with Crippen LogP contribution in [-0.2, 0) is 83.2 Å². The van der Waals surface area contributed by atoms with Gasteiger partial charge in [0.25, 0.3) is 0 Å². The van der Waals surface area contributed by atoms with E-state index in [0.717, 1.165) is 0 Å². The first-order valence-corrected chi connectivity index (χ1v) is 31.9. The van der Waals surface area contributed by atoms with E-state index in [1.807, 2.05) is 32.0 Å². The van der Waals surface area contributed by atoms with Gasteiger partial charge >= 0.3 is 12.1 Å². The molecule has 0 spiro atoms. The van der Waals surface area contributed by atoms with Crippen LogP contribution in [0.5, 0.6) is 5.75 Å². The molecule has 0 aliphatic carbocycles. The van der Waals surface area contributed by atoms with Crippen molar-refractivity contribution >= 4 is 92.8 Å². The molecule has 532 valence electrons. The minimum atomic E-state index is -5.08. The number of aliphatic hydroxyl groups is 1. The number of aromatic hydroxyl groups is 1. The quantitative estimate of drug-likeness (QED) is 0.0241. The Labute approximate surface area is 564 Å². The number of fused-ring (bicyclic) bond motifs is 2. The van der Waals surface area contributed by atoms with E-state index in [1.165, 1.54) is 41.7 Å². The number of carbonyl (C=O) groups is 12. The van der Waals surface area contributed by atoms with Crippen LogP contribution in [0.25, 0.3) is 21.8 Å². The molecule has 6 aromatic rings. The van der Waals surface area contributed by atoms with Crippen LogP contribution in [-0.4, -0.2) is 198 Å². The molecule has 2 saturated heterocycles. The van der Waals surface area contributed by atoms with E-state index in [1.54, 1.807) is 42.7 Å². The van der Waals surface area contributed by atoms with Gasteiger partial charge in [0.1, 0.15) is 60.1 Å². The van der Waals surface area contributed by atoms with Crippen molar-refractivity contribution in [3.8, 4) is 5.75 Å². The van der Waals surface area contributed by atoms with Crippen molar-refractivity contribution in [2.24, 2.45) is 17.4 Å². The van der Waals surface area contributed by atoms with Crippen molar-refractivity contribution in [3.63, 3.8) is 0 Å². The number of para-hydroxylation sites is 2. The van der Waals surface area contributed by atoms with Gasteiger partial charge in [-0.1, -0.05) is 62.4 Å². The number of imidazole rings is 1. The van der Waals surface area contributed by atoms with E-state index in [2.05, 4.69) is 67.8 Å². The second kappa shape index (κ2) is 35.4. The molecule has 19 N–H and O–H groups in total. The van der Waals surface area contributed by atoms with E-state index < -0.39 is 139 Å². The molecule has 3 aromatic heterocycles. The highest BCUT2D eigenvalue weighted by Crippen LogP contribution is 2.24. The highest BCUT2D eigenvalue weighted by Gasteiger charge is 2.41. The zero-order valence-electron chi connectivity index (χ0n) is 54.0. The number of aromatic nitrogens is 4. The van der Waals surface area contributed by atoms with Crippen molar-refractivity contribution in [2.75, 3.05) is 26.2 Å². The van der Waals surface area contributed by atoms with Gasteiger partial charge < -0.3 is 94.5 Å². The molecule has 11 amide bonds. The molecule has 5 heterocycles. The van der Waals surface area contributed by atoms with Crippen LogP contribution in [0.15, 0.2) is 97.7 Å². The first-order valence-electron chi connectivity index (χ1n) is 31.9. The van der Waals surface area contributed by atoms with E-state index >= 15 is 9.59 Å². The molecule has 0 saturated carbocycles. The molecule has 99 heavy (non-hydrogen) atoms. The number of amides is 11. The summed E-state index contributed by atoms with van der Waals surface area (Å²) in [6, 6.07) is 8.09. The molecule has 0 radical (unpaired) electrons. The first kappa shape index (κ1) is 75.5. The molecule has 2 fully saturated rings. The third-order valence-corrected chi connectivity index (χ3v) is 16.4. The molecular formula is C65H81F3N16O15. The van der Waals surface area contributed by atoms with Gasteiger partial charge in [-0.3, -0.25) is 52.7 Å². The second-order valence-corrected chi connectivity index (χ2v) is 24.3. The van der Waals surface area contributed by atoms with E-state index in [4.69, 9.17) is 21.4 Å². The Morgan fingerprint density at radius 2 is 1.16 bits per heavy atom. The van der Waals surface area contributed by atoms with Crippen LogP contribution in [0.4, 0.5) is 13.2 Å². The van der Waals surface area contributed by atoms with Gasteiger partial charge in [0.15, 0.2) is 0 Å². The SMILES string of the molecule is CC(C)C[C@H](NC(=O)[C@@H](Cc1c[nH]c2ccccc12)NC(=O)[C@H](Cc1ccc(O)cc1)NC(=O)[C@H](CO)NC(=O)[C@H](Cc1c[nH]c2ccccc12)NC(=O)[C@H](Cc1cnc[nH]1)NC(=O)[C@@H]1CCC(=O)N1)C(=O)N[C@@H](CCCN)C(=O)N1CCC[C@H]1C(=O)NCC(N)=O.O=C(O)C(F)(F)F. The monoisotopic (exact) mass is 1380 g/mol. The van der Waals surface area contributed by atoms with E-state index in [-0.39, 0.29) is 82.0 Å². The number of phenols is 1. The van der Waals surface area contributed by atoms with E-state index in [9.17, 15) is 66.5 Å². The first-order chi connectivity index (χ1) is 47.1. The molecule has 9 atom stereocenters. The molecular weight excluding hydrogens is 1300 g/mol. The summed E-state index contributed by atoms with van der Waals surface area (Å²) in [6.07, 6.45) is 1.77. The van der Waals surface area contributed by atoms with Gasteiger partial charge in [-0.25, -0.2) is 9.78 Å². The van der Waals surface area contributed by atoms with Gasteiger partial charge in [-0.2, -0.15) is 13.2 Å². The number of H-pyrrole nitrogens is 3. The minimum Gasteiger partial charge on any atom is -0.508 e. The number of primary amides is 1. The summed E-state index contributed by atoms with van der Waals surface area (Å²) in [5.41, 5.74) is 14.6. The number of carboxylic acids is 1. The summed E-state index contributed by atoms with van der Waals surface area (Å²) in [4.78, 5) is 176. The Hall–Kier alpha value is -10.9. The standard InChI is InChI=1S/C63H80N16O13.C2HF3O2/c1-34(2)23-46(56(85)72-45(13-7-21-64)63(92)79-22-8-14-52(79)62(91)69-31-53(65)82)73-58(87)48(25-36-28-67-42-11-5-3-9-40(36)42)75-57(86)47(24-35-15-17-39(81)18-16-35)74-61(90)51(32-80)78-59(88)49(26-37-29-68-43-12-6-4-10-41(37)43)76-60(89)50(27-38-30-66-33-70-38)77-55(84)44-19-20-54(83)71-44;3-2(4,5)1(6)7/h3-6,9-12,15-18,28-30,33-34,44-52,67-68,80-81H,7-8,13-14,19-27,31-32,64H2,1-2H3,(H2,65,82)(H,66,70)(H,69,91)(H,71,83)(H,72,85)(H,73,87)(H,74,90)(H,75,86)(H,76,89)(H,77,84)(H,78,88);(H,6,7)/t44-,45-,46-,47-,48+,49-,50-,51-,52-;/m0./s1. The fourth-order valence-corrected chi connectivity index (χ4v) is 11.4. The summed E-state index contributed by atoms with van der Waals surface area (Å²) in [6.45, 7) is 2.50. The second-order valence-electron chi connectivity index (χ2n) is 24.3. The van der Waals surface area contributed by atoms with Gasteiger partial charge in [-0.15, -0.1) is 0 Å². The molecule has 31 nitrogen and oxygen atoms in total. The Morgan fingerprint density at radius 3 is 1.66 bits per heavy atom. The maximum Gasteiger partial charge on any atom is 0.490 e. The van der Waals surface area contributed by atoms with Crippen molar-refractivity contribution in [2.45, 2.75) is 145 Å². The largest absolute Gasteiger partial charge is 0.508 e. The number of nitrogens with two attached hydrogens (primary N) is 2. The number of phenolic OH excluding ortho intramolecular Hbond substituents is 1. The maximum absolute atomic E-state index is 15.0. The Morgan fingerprint density at radius 1 is 0.657 bits per heavy atom. The molecule has 8 rings (SSSR count). The number of hydrogen-bond acceptors (Lipinski definition) is 16. The molecule has 0 bridgehead atoms. The number of rotatable bonds is 32. The number of benzene rings is 3. The van der Waals surface area contributed by atoms with Gasteiger partial charge in [0.05, 0.1) is 19.5 Å². The zero-order chi connectivity index (χ0) is 72.1. The zero-order valence-corrected chi connectivity index (χ0v) is 54.0. The fourth-order valence-electron chi connectivity index (χ4n) is 11.4. The van der Waals surface area contributed by atoms with Gasteiger partial charge in [0.2, 0.25) is 65.0 Å². The Kier molecular flexibility index (Phi) is 27.0. The van der Waals surface area contributed by atoms with Gasteiger partial charge in [-0.05, 0) is 91.9 Å². The van der Waals surface area contributed by atoms with Crippen LogP contribution in [0, 0.1) is 5.92 Å². The number of carbonyl (C=O) groups excluding carboxylic acids is 11. The van der Waals surface area contributed by atoms with Crippen molar-refractivity contribution in [1.29, 1.82) is 0 Å². The van der Waals surface area contributed by atoms with E-state index in [0.29, 0.717) is 63.5 Å². The third kappa shape index (κ3) is 21.8. The summed E-state index contributed by atoms with van der Waals surface area (Å²) >= 11 is 0. The highest BCUT2D eigenvalue weighted by molar-refractivity contribution is 6.00. The Balaban J connectivity index is 0.00000186. The fraction of sp³-hybridized carbons (Fsp3) is 0.431. The number of likely N-dealkylation sites (tertiary alicyclic amines) is 1. The maximum atomic E-state index is 15.0. The number of halogens is 3. The third-order valence-electron chi connectivity index (χ3n) is 16.4. The number of aliphatic hydroxyl groups excluding tert-OH is 1. The van der Waals surface area contributed by atoms with Crippen LogP contribution < -0.4 is 59.3 Å². The van der Waals surface area contributed by atoms with Crippen LogP contribution in [0.1, 0.15) is 81.2 Å². The van der Waals surface area contributed by atoms with Crippen LogP contribution >= 0.6 is 0 Å². The van der Waals surface area contributed by atoms with Crippen LogP contribution in [0.3, 0.4) is 0 Å². The summed E-state index contributed by atoms with van der Waals surface area (Å²) < 4.78 is 31.7. The number of carboxylic acid groups (broad SMARTS) is 1. The normalized spacial score (nSPS) is 16.5. The lowest BCUT2D eigenvalue weighted by molar-refractivity contribution is -0.192. The highest BCUT2D eigenvalue weighted by atomic mass is 19.4. The molecule has 3 aromatic carbocycles. The van der Waals surface area contributed by atoms with Crippen molar-refractivity contribution in [1.82, 2.24) is 72.7 Å². The van der Waals surface area contributed by atoms with Crippen molar-refractivity contribution in [3.05, 3.63) is 120 Å². The lowest BCUT2D eigenvalue weighted by Crippen LogP contribution is -2.61. The number of nitrogens with one attached hydrogen (secondary N) is 12.